The topological polar surface area (TPSA) is 104 Å². The summed E-state index contributed by atoms with van der Waals surface area (Å²) < 4.78 is 43.5. The Hall–Kier alpha value is -2.91. The van der Waals surface area contributed by atoms with Crippen molar-refractivity contribution in [2.24, 2.45) is 0 Å². The number of hydrogen-bond acceptors (Lipinski definition) is 7. The van der Waals surface area contributed by atoms with E-state index in [2.05, 4.69) is 14.9 Å². The smallest absolute Gasteiger partial charge is 0.240 e. The third-order valence-corrected chi connectivity index (χ3v) is 5.64. The van der Waals surface area contributed by atoms with E-state index in [1.807, 2.05) is 0 Å². The summed E-state index contributed by atoms with van der Waals surface area (Å²) in [5, 5.41) is 7.96. The van der Waals surface area contributed by atoms with Gasteiger partial charge in [-0.3, -0.25) is 0 Å². The van der Waals surface area contributed by atoms with E-state index < -0.39 is 10.0 Å². The molecule has 0 unspecified atom stereocenters. The minimum absolute atomic E-state index is 0.0917. The molecule has 3 aromatic rings. The van der Waals surface area contributed by atoms with Gasteiger partial charge < -0.3 is 13.9 Å². The molecule has 0 fully saturated rings. The van der Waals surface area contributed by atoms with E-state index in [-0.39, 0.29) is 18.0 Å². The van der Waals surface area contributed by atoms with Crippen molar-refractivity contribution in [2.45, 2.75) is 18.7 Å². The fourth-order valence-electron chi connectivity index (χ4n) is 2.63. The van der Waals surface area contributed by atoms with Crippen LogP contribution in [0, 0.1) is 13.8 Å². The lowest BCUT2D eigenvalue weighted by atomic mass is 10.1. The first-order valence-corrected chi connectivity index (χ1v) is 10.0. The van der Waals surface area contributed by atoms with Crippen molar-refractivity contribution >= 4 is 10.0 Å². The van der Waals surface area contributed by atoms with E-state index in [4.69, 9.17) is 13.9 Å². The second-order valence-corrected chi connectivity index (χ2v) is 7.80. The largest absolute Gasteiger partial charge is 0.496 e. The molecule has 1 aromatic carbocycles. The number of nitrogens with one attached hydrogen (secondary N) is 1. The molecule has 8 nitrogen and oxygen atoms in total. The van der Waals surface area contributed by atoms with Crippen molar-refractivity contribution in [1.82, 2.24) is 14.9 Å². The predicted molar refractivity (Wildman–Crippen MR) is 103 cm³/mol. The molecular formula is C19H21N3O5S. The van der Waals surface area contributed by atoms with Crippen LogP contribution in [0.15, 0.2) is 52.0 Å². The van der Waals surface area contributed by atoms with Gasteiger partial charge in [-0.1, -0.05) is 0 Å². The number of benzene rings is 1. The molecule has 0 saturated heterocycles. The van der Waals surface area contributed by atoms with Crippen LogP contribution < -0.4 is 14.2 Å². The SMILES string of the molecule is COc1cc(C)c(S(=O)(=O)NCCOc2ccc(-c3ccco3)nn2)cc1C. The molecule has 0 aliphatic rings. The maximum Gasteiger partial charge on any atom is 0.240 e. The molecule has 3 rings (SSSR count). The lowest BCUT2D eigenvalue weighted by molar-refractivity contribution is 0.307. The molecule has 1 N–H and O–H groups in total. The van der Waals surface area contributed by atoms with Crippen molar-refractivity contribution in [3.8, 4) is 23.1 Å². The summed E-state index contributed by atoms with van der Waals surface area (Å²) in [4.78, 5) is 0.216. The molecule has 28 heavy (non-hydrogen) atoms. The fourth-order valence-corrected chi connectivity index (χ4v) is 3.96. The second kappa shape index (κ2) is 8.41. The van der Waals surface area contributed by atoms with Gasteiger partial charge in [-0.25, -0.2) is 13.1 Å². The van der Waals surface area contributed by atoms with Gasteiger partial charge in [0.2, 0.25) is 15.9 Å². The molecule has 148 valence electrons. The summed E-state index contributed by atoms with van der Waals surface area (Å²) in [6.07, 6.45) is 1.56. The van der Waals surface area contributed by atoms with Crippen molar-refractivity contribution < 1.29 is 22.3 Å². The molecule has 9 heteroatoms. The van der Waals surface area contributed by atoms with Crippen molar-refractivity contribution in [1.29, 1.82) is 0 Å². The number of sulfonamides is 1. The van der Waals surface area contributed by atoms with Crippen LogP contribution >= 0.6 is 0 Å². The van der Waals surface area contributed by atoms with Crippen LogP contribution in [0.4, 0.5) is 0 Å². The van der Waals surface area contributed by atoms with Crippen LogP contribution in [-0.4, -0.2) is 38.9 Å². The zero-order valence-corrected chi connectivity index (χ0v) is 16.6. The standard InChI is InChI=1S/C19H21N3O5S/c1-13-12-18(14(2)11-17(13)25-3)28(23,24)20-8-10-27-19-7-6-15(21-22-19)16-5-4-9-26-16/h4-7,9,11-12,20H,8,10H2,1-3H3. The van der Waals surface area contributed by atoms with E-state index in [1.54, 1.807) is 63.6 Å². The van der Waals surface area contributed by atoms with Gasteiger partial charge in [-0.05, 0) is 55.3 Å². The van der Waals surface area contributed by atoms with E-state index in [0.29, 0.717) is 28.6 Å². The molecule has 0 aliphatic heterocycles. The first-order chi connectivity index (χ1) is 13.4. The summed E-state index contributed by atoms with van der Waals surface area (Å²) in [7, 11) is -2.11. The van der Waals surface area contributed by atoms with Gasteiger partial charge in [-0.15, -0.1) is 10.2 Å². The molecule has 0 radical (unpaired) electrons. The Morgan fingerprint density at radius 2 is 1.93 bits per heavy atom. The summed E-state index contributed by atoms with van der Waals surface area (Å²) in [5.41, 5.74) is 1.94. The number of nitrogens with zero attached hydrogens (tertiary/aromatic N) is 2. The highest BCUT2D eigenvalue weighted by molar-refractivity contribution is 7.89. The van der Waals surface area contributed by atoms with Gasteiger partial charge in [-0.2, -0.15) is 0 Å². The Kier molecular flexibility index (Phi) is 5.96. The number of aromatic nitrogens is 2. The Labute approximate surface area is 163 Å². The van der Waals surface area contributed by atoms with Gasteiger partial charge in [0.05, 0.1) is 18.3 Å². The molecular weight excluding hydrogens is 382 g/mol. The number of methoxy groups -OCH3 is 1. The molecule has 0 aliphatic carbocycles. The molecule has 0 amide bonds. The molecule has 0 atom stereocenters. The van der Waals surface area contributed by atoms with E-state index in [9.17, 15) is 8.42 Å². The van der Waals surface area contributed by atoms with Crippen LogP contribution in [0.3, 0.4) is 0 Å². The lowest BCUT2D eigenvalue weighted by Gasteiger charge is -2.13. The van der Waals surface area contributed by atoms with Crippen LogP contribution in [0.25, 0.3) is 11.5 Å². The molecule has 0 saturated carbocycles. The molecule has 2 heterocycles. The minimum atomic E-state index is -3.66. The zero-order chi connectivity index (χ0) is 20.1. The van der Waals surface area contributed by atoms with Crippen LogP contribution in [-0.2, 0) is 10.0 Å². The van der Waals surface area contributed by atoms with E-state index in [0.717, 1.165) is 5.56 Å². The maximum absolute atomic E-state index is 12.5. The Bertz CT molecular complexity index is 1030. The number of rotatable bonds is 8. The summed E-state index contributed by atoms with van der Waals surface area (Å²) >= 11 is 0. The van der Waals surface area contributed by atoms with Gasteiger partial charge in [0.1, 0.15) is 18.1 Å². The highest BCUT2D eigenvalue weighted by Gasteiger charge is 2.18. The monoisotopic (exact) mass is 403 g/mol. The van der Waals surface area contributed by atoms with Crippen LogP contribution in [0.2, 0.25) is 0 Å². The van der Waals surface area contributed by atoms with Gasteiger partial charge in [0.15, 0.2) is 5.76 Å². The number of furan rings is 1. The summed E-state index contributed by atoms with van der Waals surface area (Å²) in [6.45, 7) is 3.73. The summed E-state index contributed by atoms with van der Waals surface area (Å²) in [5.74, 6) is 1.55. The third-order valence-electron chi connectivity index (χ3n) is 4.04. The summed E-state index contributed by atoms with van der Waals surface area (Å²) in [6, 6.07) is 10.2. The second-order valence-electron chi connectivity index (χ2n) is 6.07. The Balaban J connectivity index is 1.56. The predicted octanol–water partition coefficient (Wildman–Crippen LogP) is 2.72. The quantitative estimate of drug-likeness (QED) is 0.577. The molecule has 2 aromatic heterocycles. The third kappa shape index (κ3) is 4.49. The van der Waals surface area contributed by atoms with Crippen LogP contribution in [0.1, 0.15) is 11.1 Å². The van der Waals surface area contributed by atoms with Gasteiger partial charge >= 0.3 is 0 Å². The maximum atomic E-state index is 12.5. The van der Waals surface area contributed by atoms with Crippen molar-refractivity contribution in [3.63, 3.8) is 0 Å². The normalized spacial score (nSPS) is 11.4. The van der Waals surface area contributed by atoms with Crippen molar-refractivity contribution in [2.75, 3.05) is 20.3 Å². The lowest BCUT2D eigenvalue weighted by Crippen LogP contribution is -2.29. The zero-order valence-electron chi connectivity index (χ0n) is 15.8. The Morgan fingerprint density at radius 1 is 1.11 bits per heavy atom. The Morgan fingerprint density at radius 3 is 2.57 bits per heavy atom. The molecule has 0 spiro atoms. The highest BCUT2D eigenvalue weighted by atomic mass is 32.2. The van der Waals surface area contributed by atoms with Gasteiger partial charge in [0, 0.05) is 12.6 Å². The highest BCUT2D eigenvalue weighted by Crippen LogP contribution is 2.25. The fraction of sp³-hybridized carbons (Fsp3) is 0.263. The van der Waals surface area contributed by atoms with E-state index in [1.165, 1.54) is 0 Å². The van der Waals surface area contributed by atoms with Crippen molar-refractivity contribution in [3.05, 3.63) is 53.8 Å². The number of hydrogen-bond donors (Lipinski definition) is 1. The average molecular weight is 403 g/mol. The first-order valence-electron chi connectivity index (χ1n) is 8.56. The number of aryl methyl sites for hydroxylation is 2. The first kappa shape index (κ1) is 19.8. The molecule has 0 bridgehead atoms. The minimum Gasteiger partial charge on any atom is -0.496 e. The van der Waals surface area contributed by atoms with E-state index >= 15 is 0 Å². The average Bonchev–Trinajstić information content (AvgIpc) is 3.22. The van der Waals surface area contributed by atoms with Crippen LogP contribution in [0.5, 0.6) is 11.6 Å². The number of ether oxygens (including phenoxy) is 2. The van der Waals surface area contributed by atoms with Gasteiger partial charge in [0.25, 0.3) is 0 Å².